The van der Waals surface area contributed by atoms with Gasteiger partial charge in [0.25, 0.3) is 5.91 Å². The van der Waals surface area contributed by atoms with Crippen molar-refractivity contribution in [3.63, 3.8) is 0 Å². The number of carbonyl (C=O) groups excluding carboxylic acids is 1. The zero-order chi connectivity index (χ0) is 14.0. The summed E-state index contributed by atoms with van der Waals surface area (Å²) in [6.45, 7) is 10.6. The summed E-state index contributed by atoms with van der Waals surface area (Å²) in [6.07, 6.45) is 2.54. The molecule has 0 atom stereocenters. The molecular formula is C14H21BrN2O. The highest BCUT2D eigenvalue weighted by atomic mass is 79.9. The van der Waals surface area contributed by atoms with Crippen molar-refractivity contribution in [2.75, 3.05) is 0 Å². The predicted molar refractivity (Wildman–Crippen MR) is 77.6 cm³/mol. The number of hydrogen-bond donors (Lipinski definition) is 1. The lowest BCUT2D eigenvalue weighted by atomic mass is 9.81. The van der Waals surface area contributed by atoms with E-state index in [1.165, 1.54) is 0 Å². The van der Waals surface area contributed by atoms with E-state index < -0.39 is 0 Å². The topological polar surface area (TPSA) is 42.0 Å². The van der Waals surface area contributed by atoms with E-state index in [1.807, 2.05) is 13.8 Å². The lowest BCUT2D eigenvalue weighted by Gasteiger charge is -2.33. The Morgan fingerprint density at radius 1 is 1.33 bits per heavy atom. The van der Waals surface area contributed by atoms with Gasteiger partial charge < -0.3 is 5.32 Å². The normalized spacial score (nSPS) is 12.3. The molecule has 1 N–H and O–H groups in total. The van der Waals surface area contributed by atoms with Gasteiger partial charge in [-0.1, -0.05) is 20.8 Å². The zero-order valence-electron chi connectivity index (χ0n) is 11.7. The van der Waals surface area contributed by atoms with Gasteiger partial charge in [-0.05, 0) is 53.7 Å². The molecule has 1 heterocycles. The minimum absolute atomic E-state index is 0.0626. The molecule has 100 valence electrons. The minimum Gasteiger partial charge on any atom is -0.347 e. The second kappa shape index (κ2) is 5.39. The summed E-state index contributed by atoms with van der Waals surface area (Å²) in [6, 6.07) is 3.44. The summed E-state index contributed by atoms with van der Waals surface area (Å²) < 4.78 is 0.670. The van der Waals surface area contributed by atoms with E-state index >= 15 is 0 Å². The van der Waals surface area contributed by atoms with Gasteiger partial charge in [0, 0.05) is 17.3 Å². The van der Waals surface area contributed by atoms with Gasteiger partial charge in [0.1, 0.15) is 4.60 Å². The smallest absolute Gasteiger partial charge is 0.251 e. The van der Waals surface area contributed by atoms with Crippen LogP contribution in [0.4, 0.5) is 0 Å². The van der Waals surface area contributed by atoms with E-state index in [0.717, 1.165) is 6.42 Å². The predicted octanol–water partition coefficient (Wildman–Crippen LogP) is 3.79. The molecular weight excluding hydrogens is 292 g/mol. The molecule has 0 aliphatic rings. The molecule has 1 aromatic heterocycles. The summed E-state index contributed by atoms with van der Waals surface area (Å²) in [4.78, 5) is 16.2. The fourth-order valence-corrected chi connectivity index (χ4v) is 2.66. The van der Waals surface area contributed by atoms with Crippen molar-refractivity contribution in [3.05, 3.63) is 28.5 Å². The van der Waals surface area contributed by atoms with Crippen LogP contribution in [0.3, 0.4) is 0 Å². The van der Waals surface area contributed by atoms with Crippen molar-refractivity contribution in [2.45, 2.75) is 46.6 Å². The van der Waals surface area contributed by atoms with Gasteiger partial charge in [-0.2, -0.15) is 0 Å². The first kappa shape index (κ1) is 15.2. The molecule has 0 spiro atoms. The lowest BCUT2D eigenvalue weighted by Crippen LogP contribution is -2.45. The van der Waals surface area contributed by atoms with E-state index in [-0.39, 0.29) is 16.9 Å². The Morgan fingerprint density at radius 3 is 2.44 bits per heavy atom. The molecule has 3 nitrogen and oxygen atoms in total. The number of nitrogens with zero attached hydrogens (tertiary/aromatic N) is 1. The molecule has 0 saturated carbocycles. The molecule has 0 bridgehead atoms. The Balaban J connectivity index is 2.75. The largest absolute Gasteiger partial charge is 0.347 e. The minimum atomic E-state index is -0.231. The van der Waals surface area contributed by atoms with Crippen LogP contribution in [0, 0.1) is 5.41 Å². The molecule has 0 radical (unpaired) electrons. The molecule has 0 unspecified atom stereocenters. The number of pyridine rings is 1. The van der Waals surface area contributed by atoms with Crippen molar-refractivity contribution in [3.8, 4) is 0 Å². The van der Waals surface area contributed by atoms with E-state index in [0.29, 0.717) is 10.2 Å². The molecule has 0 saturated heterocycles. The maximum absolute atomic E-state index is 12.1. The van der Waals surface area contributed by atoms with Crippen molar-refractivity contribution in [1.29, 1.82) is 0 Å². The molecule has 1 amide bonds. The summed E-state index contributed by atoms with van der Waals surface area (Å²) >= 11 is 3.27. The first-order valence-electron chi connectivity index (χ1n) is 6.03. The molecule has 0 fully saturated rings. The second-order valence-corrected chi connectivity index (χ2v) is 7.26. The lowest BCUT2D eigenvalue weighted by molar-refractivity contribution is 0.0891. The van der Waals surface area contributed by atoms with Gasteiger partial charge in [0.05, 0.1) is 0 Å². The summed E-state index contributed by atoms with van der Waals surface area (Å²) in [7, 11) is 0. The molecule has 1 rings (SSSR count). The molecule has 4 heteroatoms. The maximum atomic E-state index is 12.1. The number of nitrogens with one attached hydrogen (secondary N) is 1. The van der Waals surface area contributed by atoms with E-state index in [9.17, 15) is 4.79 Å². The van der Waals surface area contributed by atoms with Gasteiger partial charge >= 0.3 is 0 Å². The molecule has 0 aliphatic heterocycles. The van der Waals surface area contributed by atoms with Crippen LogP contribution >= 0.6 is 15.9 Å². The number of aromatic nitrogens is 1. The fourth-order valence-electron chi connectivity index (χ4n) is 2.29. The number of halogens is 1. The summed E-state index contributed by atoms with van der Waals surface area (Å²) in [5, 5.41) is 3.07. The average molecular weight is 313 g/mol. The molecule has 1 aromatic rings. The third-order valence-electron chi connectivity index (χ3n) is 2.41. The molecule has 0 aromatic carbocycles. The Bertz CT molecular complexity index is 436. The Kier molecular flexibility index (Phi) is 4.54. The second-order valence-electron chi connectivity index (χ2n) is 6.44. The number of carbonyl (C=O) groups is 1. The molecule has 18 heavy (non-hydrogen) atoms. The number of rotatable bonds is 3. The standard InChI is InChI=1S/C14H21BrN2O/c1-13(2,3)9-14(4,5)17-12(18)10-6-7-16-11(15)8-10/h6-8H,9H2,1-5H3,(H,17,18). The Hall–Kier alpha value is -0.900. The average Bonchev–Trinajstić information content (AvgIpc) is 2.12. The van der Waals surface area contributed by atoms with Gasteiger partial charge in [-0.25, -0.2) is 4.98 Å². The fraction of sp³-hybridized carbons (Fsp3) is 0.571. The highest BCUT2D eigenvalue weighted by Gasteiger charge is 2.27. The van der Waals surface area contributed by atoms with E-state index in [2.05, 4.69) is 47.0 Å². The van der Waals surface area contributed by atoms with Crippen LogP contribution in [-0.4, -0.2) is 16.4 Å². The maximum Gasteiger partial charge on any atom is 0.251 e. The van der Waals surface area contributed by atoms with Crippen molar-refractivity contribution in [2.24, 2.45) is 5.41 Å². The van der Waals surface area contributed by atoms with Crippen molar-refractivity contribution < 1.29 is 4.79 Å². The summed E-state index contributed by atoms with van der Waals surface area (Å²) in [5.41, 5.74) is 0.569. The van der Waals surface area contributed by atoms with Crippen LogP contribution in [0.5, 0.6) is 0 Å². The number of hydrogen-bond acceptors (Lipinski definition) is 2. The first-order valence-corrected chi connectivity index (χ1v) is 6.82. The van der Waals surface area contributed by atoms with E-state index in [4.69, 9.17) is 0 Å². The van der Waals surface area contributed by atoms with Crippen LogP contribution < -0.4 is 5.32 Å². The van der Waals surface area contributed by atoms with Crippen LogP contribution in [0.25, 0.3) is 0 Å². The monoisotopic (exact) mass is 312 g/mol. The van der Waals surface area contributed by atoms with Crippen molar-refractivity contribution in [1.82, 2.24) is 10.3 Å². The first-order chi connectivity index (χ1) is 8.09. The SMILES string of the molecule is CC(C)(C)CC(C)(C)NC(=O)c1ccnc(Br)c1. The summed E-state index contributed by atoms with van der Waals surface area (Å²) in [5.74, 6) is -0.0626. The molecule has 0 aliphatic carbocycles. The third-order valence-corrected chi connectivity index (χ3v) is 2.85. The third kappa shape index (κ3) is 5.17. The quantitative estimate of drug-likeness (QED) is 0.863. The zero-order valence-corrected chi connectivity index (χ0v) is 13.3. The van der Waals surface area contributed by atoms with Crippen LogP contribution in [-0.2, 0) is 0 Å². The Morgan fingerprint density at radius 2 is 1.94 bits per heavy atom. The van der Waals surface area contributed by atoms with Crippen molar-refractivity contribution >= 4 is 21.8 Å². The van der Waals surface area contributed by atoms with Crippen LogP contribution in [0.2, 0.25) is 0 Å². The Labute approximate surface area is 118 Å². The highest BCUT2D eigenvalue weighted by molar-refractivity contribution is 9.10. The van der Waals surface area contributed by atoms with Gasteiger partial charge in [-0.3, -0.25) is 4.79 Å². The van der Waals surface area contributed by atoms with Gasteiger partial charge in [0.15, 0.2) is 0 Å². The van der Waals surface area contributed by atoms with Crippen LogP contribution in [0.1, 0.15) is 51.4 Å². The van der Waals surface area contributed by atoms with Crippen LogP contribution in [0.15, 0.2) is 22.9 Å². The highest BCUT2D eigenvalue weighted by Crippen LogP contribution is 2.27. The number of amides is 1. The van der Waals surface area contributed by atoms with E-state index in [1.54, 1.807) is 18.3 Å². The van der Waals surface area contributed by atoms with Gasteiger partial charge in [0.2, 0.25) is 0 Å². The van der Waals surface area contributed by atoms with Gasteiger partial charge in [-0.15, -0.1) is 0 Å².